The zero-order valence-corrected chi connectivity index (χ0v) is 11.3. The topological polar surface area (TPSA) is 12.0 Å². The predicted octanol–water partition coefficient (Wildman–Crippen LogP) is 3.71. The maximum Gasteiger partial charge on any atom is 0.0341 e. The second kappa shape index (κ2) is 7.09. The molecule has 82 valence electrons. The van der Waals surface area contributed by atoms with E-state index in [9.17, 15) is 0 Å². The summed E-state index contributed by atoms with van der Waals surface area (Å²) < 4.78 is 1.13. The van der Waals surface area contributed by atoms with Crippen LogP contribution in [0.15, 0.2) is 46.3 Å². The number of likely N-dealkylation sites (N-methyl/N-ethyl adjacent to an activating group) is 1. The van der Waals surface area contributed by atoms with E-state index in [0.29, 0.717) is 6.04 Å². The van der Waals surface area contributed by atoms with Crippen molar-refractivity contribution in [1.29, 1.82) is 0 Å². The molecular weight excluding hydrogens is 270 g/mol. The maximum atomic E-state index is 3.82. The Morgan fingerprint density at radius 3 is 3.00 bits per heavy atom. The monoisotopic (exact) mass is 285 g/mol. The highest BCUT2D eigenvalue weighted by molar-refractivity contribution is 9.10. The van der Waals surface area contributed by atoms with Crippen LogP contribution in [0.25, 0.3) is 0 Å². The van der Waals surface area contributed by atoms with E-state index in [1.807, 2.05) is 23.9 Å². The van der Waals surface area contributed by atoms with Gasteiger partial charge in [0.15, 0.2) is 0 Å². The molecule has 0 spiro atoms. The van der Waals surface area contributed by atoms with E-state index < -0.39 is 0 Å². The molecule has 0 aliphatic heterocycles. The molecule has 1 nitrogen and oxygen atoms in total. The number of rotatable bonds is 6. The van der Waals surface area contributed by atoms with Crippen LogP contribution in [-0.4, -0.2) is 18.3 Å². The number of halogens is 1. The molecule has 1 aromatic rings. The molecule has 0 heterocycles. The fraction of sp³-hybridized carbons (Fsp3) is 0.333. The van der Waals surface area contributed by atoms with Crippen LogP contribution in [0.2, 0.25) is 0 Å². The fourth-order valence-electron chi connectivity index (χ4n) is 1.22. The van der Waals surface area contributed by atoms with Gasteiger partial charge in [0, 0.05) is 21.2 Å². The molecule has 3 heteroatoms. The molecule has 0 bridgehead atoms. The zero-order chi connectivity index (χ0) is 11.1. The molecule has 0 saturated carbocycles. The molecule has 0 aliphatic carbocycles. The lowest BCUT2D eigenvalue weighted by molar-refractivity contribution is 0.669. The Hall–Kier alpha value is -0.250. The minimum Gasteiger partial charge on any atom is -0.310 e. The van der Waals surface area contributed by atoms with Crippen LogP contribution in [0.3, 0.4) is 0 Å². The summed E-state index contributed by atoms with van der Waals surface area (Å²) in [4.78, 5) is 1.29. The van der Waals surface area contributed by atoms with E-state index in [2.05, 4.69) is 52.9 Å². The van der Waals surface area contributed by atoms with Gasteiger partial charge in [-0.1, -0.05) is 35.0 Å². The van der Waals surface area contributed by atoms with Gasteiger partial charge >= 0.3 is 0 Å². The van der Waals surface area contributed by atoms with Gasteiger partial charge < -0.3 is 5.32 Å². The van der Waals surface area contributed by atoms with Crippen LogP contribution in [-0.2, 0) is 0 Å². The van der Waals surface area contributed by atoms with E-state index in [-0.39, 0.29) is 0 Å². The Bertz CT molecular complexity index is 314. The quantitative estimate of drug-likeness (QED) is 0.632. The van der Waals surface area contributed by atoms with Gasteiger partial charge in [-0.15, -0.1) is 18.3 Å². The van der Waals surface area contributed by atoms with Gasteiger partial charge in [0.2, 0.25) is 0 Å². The van der Waals surface area contributed by atoms with Crippen LogP contribution in [0.1, 0.15) is 6.92 Å². The van der Waals surface area contributed by atoms with E-state index >= 15 is 0 Å². The molecule has 15 heavy (non-hydrogen) atoms. The largest absolute Gasteiger partial charge is 0.310 e. The van der Waals surface area contributed by atoms with Crippen molar-refractivity contribution < 1.29 is 0 Å². The number of nitrogens with one attached hydrogen (secondary N) is 1. The highest BCUT2D eigenvalue weighted by Gasteiger charge is 2.02. The Labute approximate surface area is 104 Å². The average molecular weight is 286 g/mol. The Morgan fingerprint density at radius 1 is 1.60 bits per heavy atom. The van der Waals surface area contributed by atoms with Gasteiger partial charge in [-0.05, 0) is 24.7 Å². The van der Waals surface area contributed by atoms with Crippen LogP contribution < -0.4 is 5.32 Å². The second-order valence-electron chi connectivity index (χ2n) is 3.17. The summed E-state index contributed by atoms with van der Waals surface area (Å²) in [5, 5.41) is 3.37. The number of hydrogen-bond acceptors (Lipinski definition) is 2. The van der Waals surface area contributed by atoms with Crippen molar-refractivity contribution in [2.45, 2.75) is 17.9 Å². The number of benzene rings is 1. The number of hydrogen-bond donors (Lipinski definition) is 1. The second-order valence-corrected chi connectivity index (χ2v) is 5.18. The Kier molecular flexibility index (Phi) is 6.06. The first kappa shape index (κ1) is 12.8. The predicted molar refractivity (Wildman–Crippen MR) is 72.5 cm³/mol. The first-order chi connectivity index (χ1) is 7.26. The van der Waals surface area contributed by atoms with Crippen molar-refractivity contribution in [3.63, 3.8) is 0 Å². The minimum atomic E-state index is 0.388. The summed E-state index contributed by atoms with van der Waals surface area (Å²) in [6, 6.07) is 8.75. The third-order valence-electron chi connectivity index (χ3n) is 1.98. The van der Waals surface area contributed by atoms with Crippen LogP contribution in [0.4, 0.5) is 0 Å². The first-order valence-corrected chi connectivity index (χ1v) is 6.78. The van der Waals surface area contributed by atoms with Crippen molar-refractivity contribution >= 4 is 27.7 Å². The first-order valence-electron chi connectivity index (χ1n) is 5.00. The molecule has 0 saturated heterocycles. The van der Waals surface area contributed by atoms with Crippen molar-refractivity contribution in [1.82, 2.24) is 5.32 Å². The third-order valence-corrected chi connectivity index (χ3v) is 3.58. The standard InChI is InChI=1S/C12H16BrNS/c1-3-11(14-4-2)9-15-12-7-5-6-10(13)8-12/h3,5-8,11,14H,1,4,9H2,2H3. The summed E-state index contributed by atoms with van der Waals surface area (Å²) >= 11 is 5.31. The lowest BCUT2D eigenvalue weighted by atomic mass is 10.3. The van der Waals surface area contributed by atoms with Gasteiger partial charge in [-0.3, -0.25) is 0 Å². The van der Waals surface area contributed by atoms with Crippen molar-refractivity contribution in [2.75, 3.05) is 12.3 Å². The molecule has 1 N–H and O–H groups in total. The SMILES string of the molecule is C=CC(CSc1cccc(Br)c1)NCC. The van der Waals surface area contributed by atoms with Crippen LogP contribution >= 0.6 is 27.7 Å². The molecule has 0 fully saturated rings. The fourth-order valence-corrected chi connectivity index (χ4v) is 2.78. The van der Waals surface area contributed by atoms with E-state index in [1.54, 1.807) is 0 Å². The molecule has 1 atom stereocenters. The molecule has 1 rings (SSSR count). The van der Waals surface area contributed by atoms with Gasteiger partial charge in [0.1, 0.15) is 0 Å². The highest BCUT2D eigenvalue weighted by atomic mass is 79.9. The van der Waals surface area contributed by atoms with Gasteiger partial charge in [-0.25, -0.2) is 0 Å². The summed E-state index contributed by atoms with van der Waals surface area (Å²) in [5.41, 5.74) is 0. The van der Waals surface area contributed by atoms with Gasteiger partial charge in [0.25, 0.3) is 0 Å². The molecule has 0 radical (unpaired) electrons. The lowest BCUT2D eigenvalue weighted by Crippen LogP contribution is -2.28. The van der Waals surface area contributed by atoms with E-state index in [0.717, 1.165) is 16.8 Å². The third kappa shape index (κ3) is 4.87. The normalized spacial score (nSPS) is 12.4. The number of thioether (sulfide) groups is 1. The summed E-state index contributed by atoms with van der Waals surface area (Å²) in [6.07, 6.45) is 1.97. The molecule has 0 amide bonds. The van der Waals surface area contributed by atoms with E-state index in [1.165, 1.54) is 4.90 Å². The minimum absolute atomic E-state index is 0.388. The molecule has 0 aliphatic rings. The lowest BCUT2D eigenvalue weighted by Gasteiger charge is -2.12. The van der Waals surface area contributed by atoms with Gasteiger partial charge in [-0.2, -0.15) is 0 Å². The Morgan fingerprint density at radius 2 is 2.40 bits per heavy atom. The molecule has 1 aromatic carbocycles. The maximum absolute atomic E-state index is 3.82. The summed E-state index contributed by atoms with van der Waals surface area (Å²) in [6.45, 7) is 6.92. The van der Waals surface area contributed by atoms with Crippen LogP contribution in [0.5, 0.6) is 0 Å². The summed E-state index contributed by atoms with van der Waals surface area (Å²) in [7, 11) is 0. The van der Waals surface area contributed by atoms with Crippen molar-refractivity contribution in [3.05, 3.63) is 41.4 Å². The molecule has 1 unspecified atom stereocenters. The van der Waals surface area contributed by atoms with Crippen molar-refractivity contribution in [2.24, 2.45) is 0 Å². The van der Waals surface area contributed by atoms with Crippen molar-refractivity contribution in [3.8, 4) is 0 Å². The zero-order valence-electron chi connectivity index (χ0n) is 8.87. The summed E-state index contributed by atoms with van der Waals surface area (Å²) in [5.74, 6) is 1.02. The smallest absolute Gasteiger partial charge is 0.0341 e. The van der Waals surface area contributed by atoms with E-state index in [4.69, 9.17) is 0 Å². The Balaban J connectivity index is 2.45. The average Bonchev–Trinajstić information content (AvgIpc) is 2.24. The van der Waals surface area contributed by atoms with Crippen LogP contribution in [0, 0.1) is 0 Å². The molecular formula is C12H16BrNS. The molecule has 0 aromatic heterocycles. The van der Waals surface area contributed by atoms with Gasteiger partial charge in [0.05, 0.1) is 0 Å². The highest BCUT2D eigenvalue weighted by Crippen LogP contribution is 2.22.